The number of amides is 2. The van der Waals surface area contributed by atoms with Crippen LogP contribution in [0, 0.1) is 5.92 Å². The summed E-state index contributed by atoms with van der Waals surface area (Å²) >= 11 is 5.08. The number of hydrogen-bond donors (Lipinski definition) is 4. The molecule has 4 N–H and O–H groups in total. The van der Waals surface area contributed by atoms with Crippen LogP contribution in [0.5, 0.6) is 0 Å². The number of hydrogen-bond acceptors (Lipinski definition) is 5. The monoisotopic (exact) mass is 522 g/mol. The molecule has 0 aromatic carbocycles. The molecule has 0 bridgehead atoms. The number of rotatable bonds is 4. The number of H-pyrrole nitrogens is 1. The third-order valence-electron chi connectivity index (χ3n) is 5.87. The Hall–Kier alpha value is -1.84. The first kappa shape index (κ1) is 23.3. The zero-order valence-electron chi connectivity index (χ0n) is 19.0. The summed E-state index contributed by atoms with van der Waals surface area (Å²) in [5.74, 6) is 0.140. The third kappa shape index (κ3) is 5.05. The fourth-order valence-electron chi connectivity index (χ4n) is 4.37. The fourth-order valence-corrected chi connectivity index (χ4v) is 6.21. The van der Waals surface area contributed by atoms with Crippen molar-refractivity contribution >= 4 is 44.3 Å². The van der Waals surface area contributed by atoms with Crippen LogP contribution in [0.1, 0.15) is 71.7 Å². The van der Waals surface area contributed by atoms with Crippen molar-refractivity contribution in [3.8, 4) is 0 Å². The first-order chi connectivity index (χ1) is 15.1. The Morgan fingerprint density at radius 1 is 1.25 bits per heavy atom. The molecule has 1 aliphatic heterocycles. The Kier molecular flexibility index (Phi) is 6.70. The first-order valence-corrected chi connectivity index (χ1v) is 12.7. The highest BCUT2D eigenvalue weighted by Crippen LogP contribution is 2.40. The second-order valence-corrected chi connectivity index (χ2v) is 11.6. The van der Waals surface area contributed by atoms with E-state index < -0.39 is 5.60 Å². The van der Waals surface area contributed by atoms with Crippen LogP contribution in [0.4, 0.5) is 9.80 Å². The lowest BCUT2D eigenvalue weighted by atomic mass is 9.88. The largest absolute Gasteiger partial charge is 0.456 e. The third-order valence-corrected chi connectivity index (χ3v) is 7.76. The molecule has 9 heteroatoms. The minimum absolute atomic E-state index is 0.322. The van der Waals surface area contributed by atoms with Crippen molar-refractivity contribution < 1.29 is 14.3 Å². The Morgan fingerprint density at radius 2 is 2.03 bits per heavy atom. The standard InChI is InChI=1S/C23H31BrN4O3S/c1-12-5-6-17-14(9-12)18(21(29)31-23(2,3)4)20(32-17)28-22(30)26-10-15-13-7-8-25-11-16(13)27-19(15)24/h12,25,27H,5-11H2,1-4H3,(H2,26,28,30). The Morgan fingerprint density at radius 3 is 2.78 bits per heavy atom. The quantitative estimate of drug-likeness (QED) is 0.430. The SMILES string of the molecule is CC1CCc2sc(NC(=O)NCc3c(Br)[nH]c4c3CCNC4)c(C(=O)OC(C)(C)C)c2C1. The van der Waals surface area contributed by atoms with Crippen molar-refractivity contribution in [3.63, 3.8) is 0 Å². The molecule has 0 fully saturated rings. The molecule has 0 radical (unpaired) electrons. The van der Waals surface area contributed by atoms with E-state index in [2.05, 4.69) is 43.8 Å². The molecular weight excluding hydrogens is 492 g/mol. The van der Waals surface area contributed by atoms with Crippen molar-refractivity contribution in [1.29, 1.82) is 0 Å². The van der Waals surface area contributed by atoms with E-state index in [9.17, 15) is 9.59 Å². The van der Waals surface area contributed by atoms with E-state index in [-0.39, 0.29) is 12.0 Å². The van der Waals surface area contributed by atoms with Crippen LogP contribution in [-0.4, -0.2) is 29.1 Å². The summed E-state index contributed by atoms with van der Waals surface area (Å²) in [5.41, 5.74) is 4.45. The predicted octanol–water partition coefficient (Wildman–Crippen LogP) is 4.89. The number of aromatic amines is 1. The van der Waals surface area contributed by atoms with Crippen molar-refractivity contribution in [2.45, 2.75) is 72.1 Å². The van der Waals surface area contributed by atoms with Gasteiger partial charge in [0.15, 0.2) is 0 Å². The summed E-state index contributed by atoms with van der Waals surface area (Å²) in [6, 6.07) is -0.322. The number of esters is 1. The van der Waals surface area contributed by atoms with Crippen LogP contribution in [0.15, 0.2) is 4.60 Å². The molecule has 32 heavy (non-hydrogen) atoms. The molecule has 3 heterocycles. The van der Waals surface area contributed by atoms with Gasteiger partial charge in [0.25, 0.3) is 0 Å². The highest BCUT2D eigenvalue weighted by molar-refractivity contribution is 9.10. The summed E-state index contributed by atoms with van der Waals surface area (Å²) in [7, 11) is 0. The van der Waals surface area contributed by atoms with Gasteiger partial charge in [-0.1, -0.05) is 6.92 Å². The van der Waals surface area contributed by atoms with Crippen molar-refractivity contribution in [1.82, 2.24) is 15.6 Å². The number of anilines is 1. The number of carbonyl (C=O) groups excluding carboxylic acids is 2. The van der Waals surface area contributed by atoms with Crippen LogP contribution in [0.25, 0.3) is 0 Å². The highest BCUT2D eigenvalue weighted by Gasteiger charge is 2.31. The average molecular weight is 523 g/mol. The van der Waals surface area contributed by atoms with Gasteiger partial charge in [-0.3, -0.25) is 5.32 Å². The molecule has 0 spiro atoms. The summed E-state index contributed by atoms with van der Waals surface area (Å²) in [6.45, 7) is 9.91. The van der Waals surface area contributed by atoms with Gasteiger partial charge in [-0.15, -0.1) is 11.3 Å². The van der Waals surface area contributed by atoms with E-state index >= 15 is 0 Å². The van der Waals surface area contributed by atoms with Gasteiger partial charge < -0.3 is 20.4 Å². The van der Waals surface area contributed by atoms with Gasteiger partial charge in [-0.2, -0.15) is 0 Å². The molecule has 7 nitrogen and oxygen atoms in total. The molecule has 0 saturated carbocycles. The summed E-state index contributed by atoms with van der Waals surface area (Å²) in [4.78, 5) is 30.4. The number of aromatic nitrogens is 1. The van der Waals surface area contributed by atoms with E-state index in [0.717, 1.165) is 60.2 Å². The predicted molar refractivity (Wildman–Crippen MR) is 130 cm³/mol. The van der Waals surface area contributed by atoms with E-state index in [4.69, 9.17) is 4.74 Å². The number of aryl methyl sites for hydroxylation is 1. The minimum atomic E-state index is -0.597. The summed E-state index contributed by atoms with van der Waals surface area (Å²) < 4.78 is 6.59. The number of nitrogens with one attached hydrogen (secondary N) is 4. The van der Waals surface area contributed by atoms with Crippen molar-refractivity contribution in [2.24, 2.45) is 5.92 Å². The normalized spacial score (nSPS) is 18.0. The van der Waals surface area contributed by atoms with Gasteiger partial charge in [0, 0.05) is 29.2 Å². The Labute approximate surface area is 201 Å². The summed E-state index contributed by atoms with van der Waals surface area (Å²) in [6.07, 6.45) is 3.78. The second kappa shape index (κ2) is 9.19. The van der Waals surface area contributed by atoms with Gasteiger partial charge in [-0.25, -0.2) is 9.59 Å². The molecule has 2 aliphatic rings. The lowest BCUT2D eigenvalue weighted by molar-refractivity contribution is 0.00697. The summed E-state index contributed by atoms with van der Waals surface area (Å²) in [5, 5.41) is 9.83. The lowest BCUT2D eigenvalue weighted by Crippen LogP contribution is -2.30. The van der Waals surface area contributed by atoms with E-state index in [1.165, 1.54) is 21.8 Å². The fraction of sp³-hybridized carbons (Fsp3) is 0.565. The molecule has 2 aromatic heterocycles. The highest BCUT2D eigenvalue weighted by atomic mass is 79.9. The van der Waals surface area contributed by atoms with Crippen LogP contribution in [0.2, 0.25) is 0 Å². The molecule has 4 rings (SSSR count). The first-order valence-electron chi connectivity index (χ1n) is 11.1. The molecule has 2 aromatic rings. The zero-order valence-corrected chi connectivity index (χ0v) is 21.4. The van der Waals surface area contributed by atoms with E-state index in [1.54, 1.807) is 0 Å². The topological polar surface area (TPSA) is 95.3 Å². The van der Waals surface area contributed by atoms with Gasteiger partial charge in [0.2, 0.25) is 0 Å². The Balaban J connectivity index is 1.52. The number of fused-ring (bicyclic) bond motifs is 2. The molecule has 1 aliphatic carbocycles. The van der Waals surface area contributed by atoms with Gasteiger partial charge in [0.05, 0.1) is 10.2 Å². The van der Waals surface area contributed by atoms with Crippen LogP contribution >= 0.6 is 27.3 Å². The molecule has 1 unspecified atom stereocenters. The number of urea groups is 1. The molecule has 2 amide bonds. The zero-order chi connectivity index (χ0) is 23.0. The number of thiophene rings is 1. The maximum absolute atomic E-state index is 13.0. The Bertz CT molecular complexity index is 1040. The molecule has 174 valence electrons. The van der Waals surface area contributed by atoms with Crippen molar-refractivity contribution in [3.05, 3.63) is 37.4 Å². The van der Waals surface area contributed by atoms with Gasteiger partial charge in [-0.05, 0) is 86.0 Å². The molecular formula is C23H31BrN4O3S. The molecule has 0 saturated heterocycles. The maximum Gasteiger partial charge on any atom is 0.341 e. The maximum atomic E-state index is 13.0. The van der Waals surface area contributed by atoms with Gasteiger partial charge in [0.1, 0.15) is 10.6 Å². The number of carbonyl (C=O) groups is 2. The van der Waals surface area contributed by atoms with Crippen LogP contribution in [0.3, 0.4) is 0 Å². The van der Waals surface area contributed by atoms with Gasteiger partial charge >= 0.3 is 12.0 Å². The second-order valence-electron chi connectivity index (χ2n) is 9.67. The lowest BCUT2D eigenvalue weighted by Gasteiger charge is -2.22. The van der Waals surface area contributed by atoms with E-state index in [0.29, 0.717) is 23.0 Å². The number of halogens is 1. The average Bonchev–Trinajstić information content (AvgIpc) is 3.20. The van der Waals surface area contributed by atoms with Crippen LogP contribution in [-0.2, 0) is 37.1 Å². The number of ether oxygens (including phenoxy) is 1. The van der Waals surface area contributed by atoms with Crippen molar-refractivity contribution in [2.75, 3.05) is 11.9 Å². The smallest absolute Gasteiger partial charge is 0.341 e. The van der Waals surface area contributed by atoms with Crippen LogP contribution < -0.4 is 16.0 Å². The van der Waals surface area contributed by atoms with E-state index in [1.807, 2.05) is 20.8 Å². The minimum Gasteiger partial charge on any atom is -0.456 e. The molecule has 1 atom stereocenters.